The van der Waals surface area contributed by atoms with Gasteiger partial charge in [-0.15, -0.1) is 11.3 Å². The zero-order chi connectivity index (χ0) is 46.5. The molecule has 0 spiro atoms. The molecule has 2 saturated carbocycles. The largest absolute Gasteiger partial charge is 0.439 e. The minimum absolute atomic E-state index is 0.108. The fourth-order valence-electron chi connectivity index (χ4n) is 12.0. The molecule has 7 aromatic carbocycles. The molecular formula is C62H55F2N3OS. The van der Waals surface area contributed by atoms with Gasteiger partial charge in [-0.05, 0) is 157 Å². The number of hydrogen-bond acceptors (Lipinski definition) is 4. The van der Waals surface area contributed by atoms with Gasteiger partial charge in [0.2, 0.25) is 5.71 Å². The molecule has 13 rings (SSSR count). The molecule has 4 nitrogen and oxygen atoms in total. The van der Waals surface area contributed by atoms with Crippen LogP contribution in [0.4, 0.5) is 42.9 Å². The van der Waals surface area contributed by atoms with Crippen LogP contribution >= 0.6 is 11.3 Å². The first kappa shape index (κ1) is 42.4. The van der Waals surface area contributed by atoms with Crippen LogP contribution in [-0.4, -0.2) is 4.40 Å². The van der Waals surface area contributed by atoms with E-state index in [0.29, 0.717) is 11.8 Å². The summed E-state index contributed by atoms with van der Waals surface area (Å²) in [5.41, 5.74) is 12.1. The number of nitrogens with zero attached hydrogens (tertiary/aromatic N) is 3. The van der Waals surface area contributed by atoms with Gasteiger partial charge in [-0.3, -0.25) is 4.40 Å². The smallest absolute Gasteiger partial charge is 0.214 e. The van der Waals surface area contributed by atoms with E-state index >= 15 is 8.78 Å². The number of hydrogen-bond donors (Lipinski definition) is 0. The van der Waals surface area contributed by atoms with E-state index in [1.165, 1.54) is 120 Å². The molecule has 2 fully saturated rings. The molecule has 0 N–H and O–H groups in total. The molecule has 344 valence electrons. The first-order chi connectivity index (χ1) is 33.6. The third-order valence-electron chi connectivity index (χ3n) is 15.6. The van der Waals surface area contributed by atoms with Crippen molar-refractivity contribution >= 4 is 104 Å². The summed E-state index contributed by atoms with van der Waals surface area (Å²) in [5, 5.41) is 6.96. The van der Waals surface area contributed by atoms with E-state index in [9.17, 15) is 0 Å². The average Bonchev–Trinajstić information content (AvgIpc) is 4.10. The molecule has 69 heavy (non-hydrogen) atoms. The molecule has 0 aliphatic heterocycles. The predicted octanol–water partition coefficient (Wildman–Crippen LogP) is 19.4. The minimum atomic E-state index is -0.276. The van der Waals surface area contributed by atoms with E-state index in [1.807, 2.05) is 12.1 Å². The SMILES string of the molecule is CC(C)(C)c1cc2c3c4ccc(N(c5ccc(C6CCCCC6)cc5)c5cccc(F)c5)cc4oc3n3c4sc5cc(N(c6ccc(C7CCCCC7)cc6)c6cccc(F)c6)ccc5c4c(c1)c23. The Labute approximate surface area is 405 Å². The minimum Gasteiger partial charge on any atom is -0.439 e. The van der Waals surface area contributed by atoms with Gasteiger partial charge in [-0.25, -0.2) is 8.78 Å². The first-order valence-electron chi connectivity index (χ1n) is 25.1. The molecule has 4 aromatic heterocycles. The highest BCUT2D eigenvalue weighted by Gasteiger charge is 2.29. The number of benzene rings is 7. The van der Waals surface area contributed by atoms with Crippen LogP contribution in [-0.2, 0) is 5.41 Å². The summed E-state index contributed by atoms with van der Waals surface area (Å²) in [6.45, 7) is 6.86. The summed E-state index contributed by atoms with van der Waals surface area (Å²) in [6.07, 6.45) is 12.8. The number of fused-ring (bicyclic) bond motifs is 10. The van der Waals surface area contributed by atoms with Crippen LogP contribution in [0, 0.1) is 11.6 Å². The quantitative estimate of drug-likeness (QED) is 0.152. The predicted molar refractivity (Wildman–Crippen MR) is 286 cm³/mol. The molecule has 11 aromatic rings. The summed E-state index contributed by atoms with van der Waals surface area (Å²) in [4.78, 5) is 5.46. The molecule has 0 bridgehead atoms. The van der Waals surface area contributed by atoms with E-state index < -0.39 is 0 Å². The molecule has 0 unspecified atom stereocenters. The molecule has 0 amide bonds. The molecule has 0 saturated heterocycles. The zero-order valence-corrected chi connectivity index (χ0v) is 40.3. The Morgan fingerprint density at radius 1 is 0.507 bits per heavy atom. The Bertz CT molecular complexity index is 3480. The van der Waals surface area contributed by atoms with Crippen molar-refractivity contribution in [2.24, 2.45) is 0 Å². The van der Waals surface area contributed by atoms with Crippen LogP contribution in [0.5, 0.6) is 0 Å². The second-order valence-electron chi connectivity index (χ2n) is 20.9. The molecule has 4 heterocycles. The van der Waals surface area contributed by atoms with E-state index in [4.69, 9.17) is 4.42 Å². The number of rotatable bonds is 8. The highest BCUT2D eigenvalue weighted by Crippen LogP contribution is 2.51. The number of aromatic nitrogens is 1. The molecule has 2 aliphatic rings. The van der Waals surface area contributed by atoms with E-state index in [-0.39, 0.29) is 17.0 Å². The van der Waals surface area contributed by atoms with Gasteiger partial charge < -0.3 is 14.2 Å². The van der Waals surface area contributed by atoms with Gasteiger partial charge in [0.1, 0.15) is 22.0 Å². The maximum absolute atomic E-state index is 15.0. The Kier molecular flexibility index (Phi) is 10.1. The highest BCUT2D eigenvalue weighted by atomic mass is 32.1. The maximum Gasteiger partial charge on any atom is 0.214 e. The van der Waals surface area contributed by atoms with Gasteiger partial charge in [0, 0.05) is 71.8 Å². The van der Waals surface area contributed by atoms with Crippen LogP contribution in [0.3, 0.4) is 0 Å². The van der Waals surface area contributed by atoms with Crippen LogP contribution in [0.1, 0.15) is 114 Å². The standard InChI is InChI=1S/C62H55F2N3OS/c1-62(2,3)42-32-53-57-51-30-28-49(65(47-18-10-16-43(63)34-47)45-24-20-40(21-25-45)38-12-6-4-7-13-38)36-55(51)68-60(57)67-59(53)54(33-42)58-52-31-29-50(37-56(52)69-61(58)67)66(48-19-11-17-44(64)35-48)46-26-22-41(23-27-46)39-14-8-5-9-15-39/h10-11,16-39H,4-9,12-15H2,1-3H3. The number of furan rings is 1. The normalized spacial score (nSPS) is 15.5. The summed E-state index contributed by atoms with van der Waals surface area (Å²) in [7, 11) is 0. The Hall–Kier alpha value is -6.70. The maximum atomic E-state index is 15.0. The fraction of sp³-hybridized carbons (Fsp3) is 0.258. The third-order valence-corrected chi connectivity index (χ3v) is 16.7. The van der Waals surface area contributed by atoms with Crippen molar-refractivity contribution in [3.05, 3.63) is 174 Å². The van der Waals surface area contributed by atoms with Crippen molar-refractivity contribution in [2.45, 2.75) is 102 Å². The highest BCUT2D eigenvalue weighted by molar-refractivity contribution is 7.25. The second kappa shape index (κ2) is 16.5. The van der Waals surface area contributed by atoms with Crippen molar-refractivity contribution < 1.29 is 13.2 Å². The van der Waals surface area contributed by atoms with Gasteiger partial charge in [0.15, 0.2) is 0 Å². The van der Waals surface area contributed by atoms with Gasteiger partial charge in [-0.1, -0.05) is 102 Å². The van der Waals surface area contributed by atoms with Crippen LogP contribution in [0.25, 0.3) is 58.7 Å². The Morgan fingerprint density at radius 2 is 1.00 bits per heavy atom. The summed E-state index contributed by atoms with van der Waals surface area (Å²) in [5.74, 6) is 0.660. The first-order valence-corrected chi connectivity index (χ1v) is 25.9. The lowest BCUT2D eigenvalue weighted by Gasteiger charge is -2.27. The topological polar surface area (TPSA) is 24.0 Å². The molecule has 0 atom stereocenters. The average molecular weight is 928 g/mol. The lowest BCUT2D eigenvalue weighted by molar-refractivity contribution is 0.443. The van der Waals surface area contributed by atoms with Crippen LogP contribution in [0.2, 0.25) is 0 Å². The monoisotopic (exact) mass is 927 g/mol. The Morgan fingerprint density at radius 3 is 1.54 bits per heavy atom. The molecule has 2 aliphatic carbocycles. The number of anilines is 6. The summed E-state index contributed by atoms with van der Waals surface area (Å²) < 4.78 is 40.7. The third kappa shape index (κ3) is 7.18. The lowest BCUT2D eigenvalue weighted by atomic mass is 9.84. The lowest BCUT2D eigenvalue weighted by Crippen LogP contribution is -2.11. The summed E-state index contributed by atoms with van der Waals surface area (Å²) >= 11 is 1.78. The zero-order valence-electron chi connectivity index (χ0n) is 39.5. The van der Waals surface area contributed by atoms with E-state index in [2.05, 4.69) is 132 Å². The Balaban J connectivity index is 0.971. The van der Waals surface area contributed by atoms with Crippen molar-refractivity contribution in [1.82, 2.24) is 4.40 Å². The van der Waals surface area contributed by atoms with Gasteiger partial charge in [0.05, 0.1) is 10.9 Å². The van der Waals surface area contributed by atoms with E-state index in [0.717, 1.165) is 65.7 Å². The van der Waals surface area contributed by atoms with Crippen molar-refractivity contribution in [3.63, 3.8) is 0 Å². The van der Waals surface area contributed by atoms with Crippen molar-refractivity contribution in [3.8, 4) is 0 Å². The fourth-order valence-corrected chi connectivity index (χ4v) is 13.3. The molecular weight excluding hydrogens is 873 g/mol. The van der Waals surface area contributed by atoms with Crippen molar-refractivity contribution in [1.29, 1.82) is 0 Å². The molecule has 0 radical (unpaired) electrons. The second-order valence-corrected chi connectivity index (χ2v) is 21.9. The van der Waals surface area contributed by atoms with Gasteiger partial charge in [-0.2, -0.15) is 0 Å². The van der Waals surface area contributed by atoms with Crippen molar-refractivity contribution in [2.75, 3.05) is 9.80 Å². The number of thiophene rings is 1. The van der Waals surface area contributed by atoms with E-state index in [1.54, 1.807) is 35.6 Å². The van der Waals surface area contributed by atoms with Crippen LogP contribution in [0.15, 0.2) is 150 Å². The van der Waals surface area contributed by atoms with Crippen LogP contribution < -0.4 is 9.80 Å². The summed E-state index contributed by atoms with van der Waals surface area (Å²) in [6, 6.07) is 49.7. The molecule has 7 heteroatoms. The van der Waals surface area contributed by atoms with Gasteiger partial charge >= 0.3 is 0 Å². The van der Waals surface area contributed by atoms with Gasteiger partial charge in [0.25, 0.3) is 0 Å². The number of halogens is 2.